The topological polar surface area (TPSA) is 108 Å². The largest absolute Gasteiger partial charge is 0.350 e. The van der Waals surface area contributed by atoms with Gasteiger partial charge in [-0.25, -0.2) is 0 Å². The van der Waals surface area contributed by atoms with Crippen molar-refractivity contribution in [1.82, 2.24) is 24.9 Å². The monoisotopic (exact) mass is 306 g/mol. The maximum Gasteiger partial charge on any atom is 0.309 e. The van der Waals surface area contributed by atoms with Crippen LogP contribution < -0.4 is 5.32 Å². The number of hydrogen-bond acceptors (Lipinski definition) is 5. The lowest BCUT2D eigenvalue weighted by Crippen LogP contribution is -2.31. The number of nitrogens with zero attached hydrogens (tertiary/aromatic N) is 5. The van der Waals surface area contributed by atoms with E-state index in [1.54, 1.807) is 11.6 Å². The molecule has 0 spiro atoms. The van der Waals surface area contributed by atoms with E-state index in [9.17, 15) is 14.9 Å². The van der Waals surface area contributed by atoms with Gasteiger partial charge >= 0.3 is 5.69 Å². The summed E-state index contributed by atoms with van der Waals surface area (Å²) in [5, 5.41) is 21.8. The molecule has 0 saturated heterocycles. The third-order valence-corrected chi connectivity index (χ3v) is 3.43. The Balaban J connectivity index is 2.04. The van der Waals surface area contributed by atoms with Gasteiger partial charge in [0.25, 0.3) is 0 Å². The second kappa shape index (κ2) is 5.96. The van der Waals surface area contributed by atoms with Crippen LogP contribution in [0, 0.1) is 24.0 Å². The molecule has 0 aromatic carbocycles. The molecule has 2 aromatic heterocycles. The van der Waals surface area contributed by atoms with Crippen molar-refractivity contribution in [3.63, 3.8) is 0 Å². The highest BCUT2D eigenvalue weighted by molar-refractivity contribution is 5.79. The van der Waals surface area contributed by atoms with Crippen LogP contribution in [0.25, 0.3) is 0 Å². The minimum absolute atomic E-state index is 0.0947. The van der Waals surface area contributed by atoms with E-state index < -0.39 is 11.0 Å². The van der Waals surface area contributed by atoms with Crippen molar-refractivity contribution in [2.75, 3.05) is 0 Å². The third kappa shape index (κ3) is 3.13. The Morgan fingerprint density at radius 3 is 2.55 bits per heavy atom. The summed E-state index contributed by atoms with van der Waals surface area (Å²) in [7, 11) is 1.81. The first-order valence-electron chi connectivity index (χ1n) is 6.76. The van der Waals surface area contributed by atoms with Gasteiger partial charge in [0.15, 0.2) is 0 Å². The van der Waals surface area contributed by atoms with E-state index in [4.69, 9.17) is 0 Å². The number of aromatic nitrogens is 4. The predicted molar refractivity (Wildman–Crippen MR) is 78.1 cm³/mol. The molecular formula is C13H18N6O3. The number of amides is 1. The van der Waals surface area contributed by atoms with Crippen LogP contribution in [0.15, 0.2) is 12.4 Å². The Hall–Kier alpha value is -2.71. The molecule has 0 aliphatic heterocycles. The van der Waals surface area contributed by atoms with Gasteiger partial charge in [-0.1, -0.05) is 0 Å². The van der Waals surface area contributed by atoms with Crippen LogP contribution >= 0.6 is 0 Å². The summed E-state index contributed by atoms with van der Waals surface area (Å²) in [6.07, 6.45) is 3.11. The standard InChI is InChI=1S/C13H18N6O3/c1-8-11(6-17(4)15-8)5-14-13(20)10(3)18-7-12(19(21)22)9(2)16-18/h6-7,10H,5H2,1-4H3,(H,14,20). The zero-order valence-electron chi connectivity index (χ0n) is 12.9. The summed E-state index contributed by atoms with van der Waals surface area (Å²) in [5.74, 6) is -0.263. The molecule has 9 nitrogen and oxygen atoms in total. The van der Waals surface area contributed by atoms with Crippen molar-refractivity contribution in [2.45, 2.75) is 33.4 Å². The van der Waals surface area contributed by atoms with Crippen LogP contribution in [0.5, 0.6) is 0 Å². The molecule has 1 unspecified atom stereocenters. The van der Waals surface area contributed by atoms with Crippen LogP contribution in [-0.2, 0) is 18.4 Å². The van der Waals surface area contributed by atoms with Gasteiger partial charge in [-0.15, -0.1) is 0 Å². The Morgan fingerprint density at radius 1 is 1.36 bits per heavy atom. The molecule has 9 heteroatoms. The Kier molecular flexibility index (Phi) is 4.25. The van der Waals surface area contributed by atoms with Crippen molar-refractivity contribution >= 4 is 11.6 Å². The van der Waals surface area contributed by atoms with Gasteiger partial charge in [-0.2, -0.15) is 10.2 Å². The number of carbonyl (C=O) groups is 1. The number of hydrogen-bond donors (Lipinski definition) is 1. The Morgan fingerprint density at radius 2 is 2.05 bits per heavy atom. The van der Waals surface area contributed by atoms with Crippen molar-refractivity contribution in [3.8, 4) is 0 Å². The molecule has 1 N–H and O–H groups in total. The zero-order valence-corrected chi connectivity index (χ0v) is 12.9. The van der Waals surface area contributed by atoms with Gasteiger partial charge in [0, 0.05) is 25.4 Å². The molecular weight excluding hydrogens is 288 g/mol. The van der Waals surface area contributed by atoms with Crippen molar-refractivity contribution in [1.29, 1.82) is 0 Å². The van der Waals surface area contributed by atoms with E-state index in [-0.39, 0.29) is 17.3 Å². The van der Waals surface area contributed by atoms with Crippen molar-refractivity contribution in [2.24, 2.45) is 7.05 Å². The van der Waals surface area contributed by atoms with Gasteiger partial charge in [0.1, 0.15) is 17.9 Å². The van der Waals surface area contributed by atoms with Gasteiger partial charge in [0.2, 0.25) is 5.91 Å². The van der Waals surface area contributed by atoms with Crippen molar-refractivity contribution in [3.05, 3.63) is 39.5 Å². The predicted octanol–water partition coefficient (Wildman–Crippen LogP) is 1.02. The van der Waals surface area contributed by atoms with Crippen LogP contribution in [0.1, 0.15) is 29.9 Å². The van der Waals surface area contributed by atoms with Crippen LogP contribution in [-0.4, -0.2) is 30.4 Å². The highest BCUT2D eigenvalue weighted by atomic mass is 16.6. The molecule has 0 aliphatic carbocycles. The summed E-state index contributed by atoms with van der Waals surface area (Å²) >= 11 is 0. The van der Waals surface area contributed by atoms with E-state index in [0.717, 1.165) is 11.3 Å². The van der Waals surface area contributed by atoms with Gasteiger partial charge in [-0.05, 0) is 20.8 Å². The molecule has 0 fully saturated rings. The van der Waals surface area contributed by atoms with Crippen LogP contribution in [0.4, 0.5) is 5.69 Å². The Bertz CT molecular complexity index is 717. The van der Waals surface area contributed by atoms with Gasteiger partial charge in [-0.3, -0.25) is 24.3 Å². The fourth-order valence-electron chi connectivity index (χ4n) is 2.12. The number of aryl methyl sites for hydroxylation is 3. The van der Waals surface area contributed by atoms with E-state index in [0.29, 0.717) is 6.54 Å². The lowest BCUT2D eigenvalue weighted by molar-refractivity contribution is -0.385. The summed E-state index contributed by atoms with van der Waals surface area (Å²) in [6.45, 7) is 5.40. The number of nitrogens with one attached hydrogen (secondary N) is 1. The average molecular weight is 306 g/mol. The highest BCUT2D eigenvalue weighted by Gasteiger charge is 2.22. The van der Waals surface area contributed by atoms with E-state index in [1.807, 2.05) is 20.2 Å². The second-order valence-corrected chi connectivity index (χ2v) is 5.14. The molecule has 0 bridgehead atoms. The smallest absolute Gasteiger partial charge is 0.309 e. The summed E-state index contributed by atoms with van der Waals surface area (Å²) in [6, 6.07) is -0.635. The average Bonchev–Trinajstić information content (AvgIpc) is 2.98. The van der Waals surface area contributed by atoms with E-state index >= 15 is 0 Å². The molecule has 0 radical (unpaired) electrons. The first kappa shape index (κ1) is 15.7. The molecule has 0 aliphatic rings. The molecule has 1 atom stereocenters. The quantitative estimate of drug-likeness (QED) is 0.655. The number of carbonyl (C=O) groups excluding carboxylic acids is 1. The third-order valence-electron chi connectivity index (χ3n) is 3.43. The molecule has 1 amide bonds. The Labute approximate surface area is 127 Å². The number of nitro groups is 1. The van der Waals surface area contributed by atoms with Gasteiger partial charge in [0.05, 0.1) is 10.6 Å². The van der Waals surface area contributed by atoms with Crippen LogP contribution in [0.2, 0.25) is 0 Å². The molecule has 2 aromatic rings. The first-order valence-corrected chi connectivity index (χ1v) is 6.76. The van der Waals surface area contributed by atoms with Gasteiger partial charge < -0.3 is 5.32 Å². The van der Waals surface area contributed by atoms with Crippen molar-refractivity contribution < 1.29 is 9.72 Å². The molecule has 2 rings (SSSR count). The fourth-order valence-corrected chi connectivity index (χ4v) is 2.12. The number of rotatable bonds is 5. The van der Waals surface area contributed by atoms with E-state index in [2.05, 4.69) is 15.5 Å². The lowest BCUT2D eigenvalue weighted by Gasteiger charge is -2.12. The molecule has 2 heterocycles. The first-order chi connectivity index (χ1) is 10.3. The maximum absolute atomic E-state index is 12.2. The molecule has 22 heavy (non-hydrogen) atoms. The van der Waals surface area contributed by atoms with Crippen LogP contribution in [0.3, 0.4) is 0 Å². The lowest BCUT2D eigenvalue weighted by atomic mass is 10.2. The highest BCUT2D eigenvalue weighted by Crippen LogP contribution is 2.18. The minimum Gasteiger partial charge on any atom is -0.350 e. The SMILES string of the molecule is Cc1nn(C)cc1CNC(=O)C(C)n1cc([N+](=O)[O-])c(C)n1. The summed E-state index contributed by atoms with van der Waals surface area (Å²) in [4.78, 5) is 22.5. The normalized spacial score (nSPS) is 12.2. The minimum atomic E-state index is -0.635. The van der Waals surface area contributed by atoms with E-state index in [1.165, 1.54) is 17.8 Å². The maximum atomic E-state index is 12.2. The summed E-state index contributed by atoms with van der Waals surface area (Å²) in [5.41, 5.74) is 1.96. The zero-order chi connectivity index (χ0) is 16.4. The molecule has 0 saturated carbocycles. The fraction of sp³-hybridized carbons (Fsp3) is 0.462. The molecule has 118 valence electrons. The second-order valence-electron chi connectivity index (χ2n) is 5.14. The summed E-state index contributed by atoms with van der Waals surface area (Å²) < 4.78 is 2.99.